The summed E-state index contributed by atoms with van der Waals surface area (Å²) in [6, 6.07) is 12.4. The van der Waals surface area contributed by atoms with Gasteiger partial charge in [0.1, 0.15) is 5.75 Å². The number of benzene rings is 2. The van der Waals surface area contributed by atoms with Gasteiger partial charge in [-0.3, -0.25) is 4.79 Å². The van der Waals surface area contributed by atoms with Crippen molar-refractivity contribution in [2.24, 2.45) is 5.10 Å². The summed E-state index contributed by atoms with van der Waals surface area (Å²) in [6.07, 6.45) is 1.58. The Bertz CT molecular complexity index is 1090. The molecule has 3 aromatic rings. The smallest absolute Gasteiger partial charge is 0.264 e. The van der Waals surface area contributed by atoms with Crippen LogP contribution in [0, 0.1) is 0 Å². The molecule has 0 saturated carbocycles. The third-order valence-electron chi connectivity index (χ3n) is 4.21. The summed E-state index contributed by atoms with van der Waals surface area (Å²) in [5.74, 6) is 7.97. The fraction of sp³-hybridized carbons (Fsp3) is 0.200. The van der Waals surface area contributed by atoms with E-state index in [4.69, 9.17) is 20.1 Å². The number of methoxy groups -OCH3 is 3. The van der Waals surface area contributed by atoms with Crippen LogP contribution in [-0.2, 0) is 0 Å². The number of hydrogen-bond acceptors (Lipinski definition) is 10. The molecule has 0 amide bonds. The van der Waals surface area contributed by atoms with Crippen LogP contribution in [0.3, 0.4) is 0 Å². The fourth-order valence-corrected chi connectivity index (χ4v) is 3.36. The Balaban J connectivity index is 1.61. The molecule has 0 fully saturated rings. The zero-order valence-corrected chi connectivity index (χ0v) is 18.0. The van der Waals surface area contributed by atoms with Crippen molar-refractivity contribution in [2.45, 2.75) is 5.16 Å². The second kappa shape index (κ2) is 10.3. The van der Waals surface area contributed by atoms with E-state index in [0.29, 0.717) is 28.0 Å². The van der Waals surface area contributed by atoms with Crippen LogP contribution in [0.5, 0.6) is 17.2 Å². The number of nitrogens with two attached hydrogens (primary N) is 1. The fourth-order valence-electron chi connectivity index (χ4n) is 2.61. The van der Waals surface area contributed by atoms with Crippen LogP contribution in [0.25, 0.3) is 0 Å². The molecule has 0 bridgehead atoms. The minimum Gasteiger partial charge on any atom is -0.496 e. The van der Waals surface area contributed by atoms with Crippen molar-refractivity contribution in [3.05, 3.63) is 53.6 Å². The Labute approximate surface area is 183 Å². The lowest BCUT2D eigenvalue weighted by molar-refractivity contribution is 0.102. The molecule has 2 aromatic carbocycles. The van der Waals surface area contributed by atoms with E-state index in [9.17, 15) is 4.79 Å². The molecule has 0 aliphatic heterocycles. The summed E-state index contributed by atoms with van der Waals surface area (Å²) >= 11 is 1.16. The first kappa shape index (κ1) is 22.0. The van der Waals surface area contributed by atoms with Crippen molar-refractivity contribution >= 4 is 29.7 Å². The molecule has 0 spiro atoms. The summed E-state index contributed by atoms with van der Waals surface area (Å²) in [6.45, 7) is 0. The zero-order chi connectivity index (χ0) is 22.2. The van der Waals surface area contributed by atoms with E-state index in [0.717, 1.165) is 17.3 Å². The van der Waals surface area contributed by atoms with Gasteiger partial charge in [0.2, 0.25) is 5.16 Å². The number of aromatic nitrogens is 3. The molecule has 10 nitrogen and oxygen atoms in total. The number of thioether (sulfide) groups is 1. The van der Waals surface area contributed by atoms with E-state index >= 15 is 0 Å². The average molecular weight is 443 g/mol. The number of Topliss-reactive ketones (excluding diaryl/α,β-unsaturated/α-hetero) is 1. The third kappa shape index (κ3) is 5.25. The van der Waals surface area contributed by atoms with E-state index in [2.05, 4.69) is 20.7 Å². The number of ketones is 1. The highest BCUT2D eigenvalue weighted by molar-refractivity contribution is 7.99. The van der Waals surface area contributed by atoms with Crippen LogP contribution in [0.15, 0.2) is 52.7 Å². The number of rotatable bonds is 10. The summed E-state index contributed by atoms with van der Waals surface area (Å²) < 4.78 is 16.9. The SMILES string of the molecule is COc1ccccc1/C=N/Nc1nnc(SCC(=O)c2ccc(OC)c(OC)c2)n1N. The molecule has 3 N–H and O–H groups in total. The first-order valence-electron chi connectivity index (χ1n) is 9.08. The maximum Gasteiger partial charge on any atom is 0.264 e. The van der Waals surface area contributed by atoms with Crippen molar-refractivity contribution in [1.82, 2.24) is 14.9 Å². The Morgan fingerprint density at radius 1 is 1.10 bits per heavy atom. The van der Waals surface area contributed by atoms with Crippen LogP contribution < -0.4 is 25.5 Å². The van der Waals surface area contributed by atoms with E-state index in [1.807, 2.05) is 24.3 Å². The Hall–Kier alpha value is -3.73. The maximum atomic E-state index is 12.5. The zero-order valence-electron chi connectivity index (χ0n) is 17.2. The molecular weight excluding hydrogens is 420 g/mol. The lowest BCUT2D eigenvalue weighted by Crippen LogP contribution is -2.14. The van der Waals surface area contributed by atoms with Gasteiger partial charge >= 0.3 is 0 Å². The molecule has 1 aromatic heterocycles. The largest absolute Gasteiger partial charge is 0.496 e. The van der Waals surface area contributed by atoms with E-state index in [1.54, 1.807) is 31.5 Å². The van der Waals surface area contributed by atoms with Crippen LogP contribution in [0.1, 0.15) is 15.9 Å². The molecule has 0 radical (unpaired) electrons. The van der Waals surface area contributed by atoms with Gasteiger partial charge in [-0.15, -0.1) is 10.2 Å². The van der Waals surface area contributed by atoms with Crippen molar-refractivity contribution in [2.75, 3.05) is 38.4 Å². The van der Waals surface area contributed by atoms with Crippen molar-refractivity contribution in [1.29, 1.82) is 0 Å². The number of hydrogen-bond donors (Lipinski definition) is 2. The predicted molar refractivity (Wildman–Crippen MR) is 119 cm³/mol. The Morgan fingerprint density at radius 3 is 2.58 bits per heavy atom. The molecule has 31 heavy (non-hydrogen) atoms. The second-order valence-electron chi connectivity index (χ2n) is 6.07. The summed E-state index contributed by atoms with van der Waals surface area (Å²) in [7, 11) is 4.64. The van der Waals surface area contributed by atoms with Crippen molar-refractivity contribution < 1.29 is 19.0 Å². The van der Waals surface area contributed by atoms with Gasteiger partial charge in [-0.25, -0.2) is 10.1 Å². The molecule has 162 valence electrons. The monoisotopic (exact) mass is 442 g/mol. The van der Waals surface area contributed by atoms with Gasteiger partial charge in [0, 0.05) is 11.1 Å². The minimum absolute atomic E-state index is 0.113. The quantitative estimate of drug-likeness (QED) is 0.160. The van der Waals surface area contributed by atoms with Gasteiger partial charge < -0.3 is 20.1 Å². The van der Waals surface area contributed by atoms with Crippen LogP contribution in [-0.4, -0.2) is 54.0 Å². The summed E-state index contributed by atoms with van der Waals surface area (Å²) in [4.78, 5) is 12.5. The number of carbonyl (C=O) groups excluding carboxylic acids is 1. The number of nitrogens with zero attached hydrogens (tertiary/aromatic N) is 4. The predicted octanol–water partition coefficient (Wildman–Crippen LogP) is 2.44. The van der Waals surface area contributed by atoms with Gasteiger partial charge in [0.15, 0.2) is 17.3 Å². The van der Waals surface area contributed by atoms with Crippen LogP contribution in [0.4, 0.5) is 5.95 Å². The minimum atomic E-state index is -0.113. The number of nitrogen functional groups attached to an aromatic ring is 1. The number of carbonyl (C=O) groups is 1. The summed E-state index contributed by atoms with van der Waals surface area (Å²) in [5, 5.41) is 12.4. The molecule has 3 rings (SSSR count). The molecule has 0 atom stereocenters. The molecule has 0 saturated heterocycles. The van der Waals surface area contributed by atoms with Gasteiger partial charge in [0.25, 0.3) is 5.95 Å². The number of anilines is 1. The van der Waals surface area contributed by atoms with Gasteiger partial charge in [0.05, 0.1) is 33.3 Å². The van der Waals surface area contributed by atoms with E-state index in [-0.39, 0.29) is 17.5 Å². The van der Waals surface area contributed by atoms with Gasteiger partial charge in [-0.2, -0.15) is 5.10 Å². The van der Waals surface area contributed by atoms with Crippen LogP contribution >= 0.6 is 11.8 Å². The Morgan fingerprint density at radius 2 is 1.84 bits per heavy atom. The maximum absolute atomic E-state index is 12.5. The number of ether oxygens (including phenoxy) is 3. The summed E-state index contributed by atoms with van der Waals surface area (Å²) in [5.41, 5.74) is 4.01. The Kier molecular flexibility index (Phi) is 7.33. The van der Waals surface area contributed by atoms with Gasteiger partial charge in [-0.05, 0) is 30.3 Å². The number of nitrogens with one attached hydrogen (secondary N) is 1. The van der Waals surface area contributed by atoms with Crippen LogP contribution in [0.2, 0.25) is 0 Å². The lowest BCUT2D eigenvalue weighted by Gasteiger charge is -2.09. The first-order chi connectivity index (χ1) is 15.1. The first-order valence-corrected chi connectivity index (χ1v) is 10.1. The highest BCUT2D eigenvalue weighted by Crippen LogP contribution is 2.28. The average Bonchev–Trinajstić information content (AvgIpc) is 3.16. The highest BCUT2D eigenvalue weighted by atomic mass is 32.2. The van der Waals surface area contributed by atoms with Gasteiger partial charge in [-0.1, -0.05) is 23.9 Å². The molecular formula is C20H22N6O4S. The van der Waals surface area contributed by atoms with E-state index < -0.39 is 0 Å². The normalized spacial score (nSPS) is 10.8. The van der Waals surface area contributed by atoms with E-state index in [1.165, 1.54) is 18.9 Å². The van der Waals surface area contributed by atoms with Crippen molar-refractivity contribution in [3.8, 4) is 17.2 Å². The topological polar surface area (TPSA) is 126 Å². The van der Waals surface area contributed by atoms with Crippen molar-refractivity contribution in [3.63, 3.8) is 0 Å². The third-order valence-corrected chi connectivity index (χ3v) is 5.15. The molecule has 0 unspecified atom stereocenters. The lowest BCUT2D eigenvalue weighted by atomic mass is 10.1. The molecule has 0 aliphatic rings. The number of hydrazone groups is 1. The highest BCUT2D eigenvalue weighted by Gasteiger charge is 2.15. The number of para-hydroxylation sites is 1. The standard InChI is InChI=1S/C20H22N6O4S/c1-28-16-7-5-4-6-14(16)11-22-23-19-24-25-20(26(19)21)31-12-15(27)13-8-9-17(29-2)18(10-13)30-3/h4-11H,12,21H2,1-3H3,(H,23,24)/b22-11+. The second-order valence-corrected chi connectivity index (χ2v) is 7.01. The molecule has 11 heteroatoms. The molecule has 1 heterocycles. The molecule has 0 aliphatic carbocycles.